The second-order valence-electron chi connectivity index (χ2n) is 9.35. The Labute approximate surface area is 176 Å². The summed E-state index contributed by atoms with van der Waals surface area (Å²) < 4.78 is 11.0. The third-order valence-corrected chi connectivity index (χ3v) is 7.23. The zero-order valence-electron chi connectivity index (χ0n) is 18.5. The number of carbonyl (C=O) groups excluding carboxylic acids is 1. The fraction of sp³-hybridized carbons (Fsp3) is 0.577. The number of rotatable bonds is 6. The molecular weight excluding hydrogens is 360 g/mol. The van der Waals surface area contributed by atoms with Gasteiger partial charge in [-0.3, -0.25) is 4.79 Å². The maximum atomic E-state index is 11.6. The van der Waals surface area contributed by atoms with Crippen molar-refractivity contribution in [3.05, 3.63) is 48.1 Å². The molecule has 1 aromatic carbocycles. The number of esters is 1. The molecule has 3 heteroatoms. The van der Waals surface area contributed by atoms with Gasteiger partial charge in [-0.15, -0.1) is 0 Å². The van der Waals surface area contributed by atoms with Gasteiger partial charge in [-0.1, -0.05) is 50.6 Å². The number of hydrogen-bond acceptors (Lipinski definition) is 3. The monoisotopic (exact) mass is 396 g/mol. The average molecular weight is 397 g/mol. The summed E-state index contributed by atoms with van der Waals surface area (Å²) in [6.07, 6.45) is 14.8. The van der Waals surface area contributed by atoms with Crippen LogP contribution >= 0.6 is 0 Å². The molecule has 0 amide bonds. The molecule has 3 nitrogen and oxygen atoms in total. The van der Waals surface area contributed by atoms with E-state index in [0.29, 0.717) is 23.2 Å². The molecule has 0 aliphatic heterocycles. The van der Waals surface area contributed by atoms with Crippen LogP contribution in [-0.4, -0.2) is 19.7 Å². The molecule has 0 aromatic heterocycles. The van der Waals surface area contributed by atoms with Crippen molar-refractivity contribution >= 4 is 11.5 Å². The van der Waals surface area contributed by atoms with Crippen LogP contribution in [0.4, 0.5) is 0 Å². The maximum Gasteiger partial charge on any atom is 0.309 e. The summed E-state index contributed by atoms with van der Waals surface area (Å²) in [5.74, 6) is 1.29. The van der Waals surface area contributed by atoms with Gasteiger partial charge in [-0.05, 0) is 79.0 Å². The summed E-state index contributed by atoms with van der Waals surface area (Å²) in [5.41, 5.74) is 2.74. The van der Waals surface area contributed by atoms with Gasteiger partial charge in [0, 0.05) is 0 Å². The van der Waals surface area contributed by atoms with Crippen LogP contribution in [0.5, 0.6) is 5.75 Å². The number of hydrogen-bond donors (Lipinski definition) is 0. The smallest absolute Gasteiger partial charge is 0.309 e. The molecule has 2 atom stereocenters. The summed E-state index contributed by atoms with van der Waals surface area (Å²) in [7, 11) is 1.42. The molecule has 29 heavy (non-hydrogen) atoms. The van der Waals surface area contributed by atoms with Crippen LogP contribution in [0.15, 0.2) is 42.5 Å². The molecular formula is C26H36O3. The molecule has 1 fully saturated rings. The second kappa shape index (κ2) is 9.19. The number of benzene rings is 1. The minimum atomic E-state index is -0.218. The predicted octanol–water partition coefficient (Wildman–Crippen LogP) is 6.58. The topological polar surface area (TPSA) is 35.5 Å². The fourth-order valence-corrected chi connectivity index (χ4v) is 5.14. The van der Waals surface area contributed by atoms with E-state index in [1.807, 2.05) is 37.3 Å². The standard InChI is InChI=1S/C26H36O3/c1-5-21(17-24(27)28-4)22-10-12-23(13-11-22)29-19-20-9-8-16-26(18-20)15-7-6-14-25(26,2)3/h5,7,10-13,15,20H,6,8-9,14,16-19H2,1-4H3. The van der Waals surface area contributed by atoms with E-state index in [0.717, 1.165) is 23.5 Å². The van der Waals surface area contributed by atoms with Crippen molar-refractivity contribution in [2.24, 2.45) is 16.7 Å². The SMILES string of the molecule is CC=C(CC(=O)OC)c1ccc(OCC2CCCC3(C=CCCC3(C)C)C2)cc1. The number of methoxy groups -OCH3 is 1. The van der Waals surface area contributed by atoms with Gasteiger partial charge in [0.25, 0.3) is 0 Å². The van der Waals surface area contributed by atoms with E-state index >= 15 is 0 Å². The molecule has 1 saturated carbocycles. The van der Waals surface area contributed by atoms with Crippen molar-refractivity contribution in [1.82, 2.24) is 0 Å². The molecule has 0 radical (unpaired) electrons. The highest BCUT2D eigenvalue weighted by atomic mass is 16.5. The first-order valence-electron chi connectivity index (χ1n) is 11.0. The van der Waals surface area contributed by atoms with Gasteiger partial charge in [0.15, 0.2) is 0 Å². The summed E-state index contributed by atoms with van der Waals surface area (Å²) in [4.78, 5) is 11.6. The molecule has 3 rings (SSSR count). The van der Waals surface area contributed by atoms with E-state index in [1.165, 1.54) is 45.6 Å². The Morgan fingerprint density at radius 3 is 2.62 bits per heavy atom. The minimum absolute atomic E-state index is 0.218. The van der Waals surface area contributed by atoms with Gasteiger partial charge in [0.2, 0.25) is 0 Å². The van der Waals surface area contributed by atoms with Gasteiger partial charge >= 0.3 is 5.97 Å². The minimum Gasteiger partial charge on any atom is -0.493 e. The van der Waals surface area contributed by atoms with Crippen LogP contribution < -0.4 is 4.74 Å². The molecule has 2 aliphatic carbocycles. The van der Waals surface area contributed by atoms with E-state index in [2.05, 4.69) is 26.0 Å². The van der Waals surface area contributed by atoms with Gasteiger partial charge < -0.3 is 9.47 Å². The number of ether oxygens (including phenoxy) is 2. The highest BCUT2D eigenvalue weighted by molar-refractivity contribution is 5.85. The van der Waals surface area contributed by atoms with Gasteiger partial charge in [-0.2, -0.15) is 0 Å². The lowest BCUT2D eigenvalue weighted by atomic mass is 9.53. The van der Waals surface area contributed by atoms with Crippen LogP contribution in [0.25, 0.3) is 5.57 Å². The van der Waals surface area contributed by atoms with Crippen molar-refractivity contribution in [1.29, 1.82) is 0 Å². The van der Waals surface area contributed by atoms with Crippen molar-refractivity contribution < 1.29 is 14.3 Å². The van der Waals surface area contributed by atoms with E-state index in [1.54, 1.807) is 0 Å². The summed E-state index contributed by atoms with van der Waals surface area (Å²) in [6.45, 7) is 7.63. The average Bonchev–Trinajstić information content (AvgIpc) is 2.73. The van der Waals surface area contributed by atoms with Crippen LogP contribution in [0.2, 0.25) is 0 Å². The quantitative estimate of drug-likeness (QED) is 0.402. The highest BCUT2D eigenvalue weighted by Crippen LogP contribution is 2.56. The van der Waals surface area contributed by atoms with Crippen molar-refractivity contribution in [2.45, 2.75) is 65.7 Å². The molecule has 2 aliphatic rings. The first-order valence-corrected chi connectivity index (χ1v) is 11.0. The predicted molar refractivity (Wildman–Crippen MR) is 119 cm³/mol. The summed E-state index contributed by atoms with van der Waals surface area (Å²) in [5, 5.41) is 0. The lowest BCUT2D eigenvalue weighted by Crippen LogP contribution is -2.42. The third kappa shape index (κ3) is 4.94. The molecule has 1 aromatic rings. The van der Waals surface area contributed by atoms with Crippen LogP contribution in [0.3, 0.4) is 0 Å². The van der Waals surface area contributed by atoms with Crippen LogP contribution in [0, 0.1) is 16.7 Å². The molecule has 158 valence electrons. The van der Waals surface area contributed by atoms with Crippen molar-refractivity contribution in [2.75, 3.05) is 13.7 Å². The lowest BCUT2D eigenvalue weighted by molar-refractivity contribution is -0.139. The van der Waals surface area contributed by atoms with Crippen LogP contribution in [-0.2, 0) is 9.53 Å². The Morgan fingerprint density at radius 1 is 1.21 bits per heavy atom. The molecule has 0 saturated heterocycles. The lowest BCUT2D eigenvalue weighted by Gasteiger charge is -2.51. The first kappa shape index (κ1) is 21.7. The van der Waals surface area contributed by atoms with Gasteiger partial charge in [-0.25, -0.2) is 0 Å². The largest absolute Gasteiger partial charge is 0.493 e. The second-order valence-corrected chi connectivity index (χ2v) is 9.35. The first-order chi connectivity index (χ1) is 13.9. The van der Waals surface area contributed by atoms with Gasteiger partial charge in [0.1, 0.15) is 5.75 Å². The number of carbonyl (C=O) groups is 1. The summed E-state index contributed by atoms with van der Waals surface area (Å²) >= 11 is 0. The Kier molecular flexibility index (Phi) is 6.87. The van der Waals surface area contributed by atoms with E-state index in [9.17, 15) is 4.79 Å². The van der Waals surface area contributed by atoms with E-state index in [4.69, 9.17) is 9.47 Å². The Hall–Kier alpha value is -2.03. The zero-order chi connectivity index (χ0) is 20.9. The molecule has 0 heterocycles. The third-order valence-electron chi connectivity index (χ3n) is 7.23. The zero-order valence-corrected chi connectivity index (χ0v) is 18.5. The normalized spacial score (nSPS) is 26.3. The maximum absolute atomic E-state index is 11.6. The molecule has 0 N–H and O–H groups in total. The summed E-state index contributed by atoms with van der Waals surface area (Å²) in [6, 6.07) is 8.09. The Balaban J connectivity index is 1.59. The fourth-order valence-electron chi connectivity index (χ4n) is 5.14. The highest BCUT2D eigenvalue weighted by Gasteiger charge is 2.46. The van der Waals surface area contributed by atoms with E-state index in [-0.39, 0.29) is 5.97 Å². The van der Waals surface area contributed by atoms with Crippen molar-refractivity contribution in [3.63, 3.8) is 0 Å². The molecule has 0 bridgehead atoms. The van der Waals surface area contributed by atoms with Crippen molar-refractivity contribution in [3.8, 4) is 5.75 Å². The van der Waals surface area contributed by atoms with E-state index < -0.39 is 0 Å². The molecule has 1 spiro atoms. The molecule has 2 unspecified atom stereocenters. The van der Waals surface area contributed by atoms with Crippen LogP contribution in [0.1, 0.15) is 71.3 Å². The van der Waals surface area contributed by atoms with Gasteiger partial charge in [0.05, 0.1) is 20.1 Å². The number of allylic oxidation sites excluding steroid dienone is 3. The Morgan fingerprint density at radius 2 is 1.97 bits per heavy atom. The Bertz CT molecular complexity index is 757.